The number of urea groups is 1. The van der Waals surface area contributed by atoms with Crippen molar-refractivity contribution in [2.45, 2.75) is 0 Å². The molecule has 0 atom stereocenters. The molecule has 0 heterocycles. The zero-order chi connectivity index (χ0) is 14.3. The number of ether oxygens (including phenoxy) is 1. The maximum Gasteiger partial charge on any atom is 0.322 e. The average Bonchev–Trinajstić information content (AvgIpc) is 2.38. The smallest absolute Gasteiger partial charge is 0.322 e. The van der Waals surface area contributed by atoms with Gasteiger partial charge in [-0.15, -0.1) is 6.58 Å². The molecular weight excluding hydrogens is 268 g/mol. The summed E-state index contributed by atoms with van der Waals surface area (Å²) < 4.78 is 5.14. The Morgan fingerprint density at radius 3 is 2.95 bits per heavy atom. The summed E-state index contributed by atoms with van der Waals surface area (Å²) in [6.45, 7) is 4.02. The number of nitrogens with one attached hydrogen (secondary N) is 1. The number of carbonyl (C=O) groups excluding carboxylic acids is 1. The number of aliphatic hydroxyl groups excluding tert-OH is 1. The van der Waals surface area contributed by atoms with Crippen LogP contribution in [0.15, 0.2) is 30.9 Å². The second kappa shape index (κ2) is 7.66. The van der Waals surface area contributed by atoms with Crippen molar-refractivity contribution in [1.29, 1.82) is 0 Å². The zero-order valence-electron chi connectivity index (χ0n) is 10.7. The Labute approximate surface area is 117 Å². The fourth-order valence-corrected chi connectivity index (χ4v) is 1.81. The van der Waals surface area contributed by atoms with E-state index in [1.165, 1.54) is 12.0 Å². The molecule has 0 radical (unpaired) electrons. The van der Waals surface area contributed by atoms with Crippen LogP contribution in [0.4, 0.5) is 10.5 Å². The highest BCUT2D eigenvalue weighted by atomic mass is 35.5. The first-order valence-electron chi connectivity index (χ1n) is 5.74. The van der Waals surface area contributed by atoms with Gasteiger partial charge in [-0.3, -0.25) is 0 Å². The van der Waals surface area contributed by atoms with Crippen LogP contribution in [-0.2, 0) is 0 Å². The van der Waals surface area contributed by atoms with Crippen molar-refractivity contribution in [3.05, 3.63) is 35.9 Å². The van der Waals surface area contributed by atoms with E-state index in [4.69, 9.17) is 21.4 Å². The van der Waals surface area contributed by atoms with Crippen molar-refractivity contribution in [2.24, 2.45) is 0 Å². The third-order valence-electron chi connectivity index (χ3n) is 2.42. The van der Waals surface area contributed by atoms with E-state index in [1.807, 2.05) is 0 Å². The Morgan fingerprint density at radius 1 is 1.63 bits per heavy atom. The van der Waals surface area contributed by atoms with Crippen molar-refractivity contribution < 1.29 is 14.6 Å². The van der Waals surface area contributed by atoms with E-state index < -0.39 is 0 Å². The van der Waals surface area contributed by atoms with Crippen molar-refractivity contribution in [1.82, 2.24) is 4.90 Å². The molecule has 0 saturated carbocycles. The van der Waals surface area contributed by atoms with Crippen LogP contribution in [0.25, 0.3) is 0 Å². The second-order valence-corrected chi connectivity index (χ2v) is 4.12. The van der Waals surface area contributed by atoms with Gasteiger partial charge in [-0.1, -0.05) is 23.7 Å². The number of aliphatic hydroxyl groups is 1. The lowest BCUT2D eigenvalue weighted by molar-refractivity contribution is 0.195. The minimum Gasteiger partial charge on any atom is -0.493 e. The molecule has 0 unspecified atom stereocenters. The van der Waals surface area contributed by atoms with Gasteiger partial charge >= 0.3 is 6.03 Å². The highest BCUT2D eigenvalue weighted by molar-refractivity contribution is 6.32. The summed E-state index contributed by atoms with van der Waals surface area (Å²) in [6, 6.07) is 4.72. The monoisotopic (exact) mass is 284 g/mol. The number of halogens is 1. The van der Waals surface area contributed by atoms with E-state index in [9.17, 15) is 4.79 Å². The first-order chi connectivity index (χ1) is 9.13. The largest absolute Gasteiger partial charge is 0.493 e. The molecule has 1 aromatic carbocycles. The SMILES string of the molecule is C=CCN(CCO)C(=O)Nc1cccc(Cl)c1OC. The molecule has 0 aliphatic carbocycles. The Balaban J connectivity index is 2.85. The highest BCUT2D eigenvalue weighted by Gasteiger charge is 2.15. The molecule has 1 aromatic rings. The van der Waals surface area contributed by atoms with Gasteiger partial charge in [-0.25, -0.2) is 4.79 Å². The molecule has 104 valence electrons. The zero-order valence-corrected chi connectivity index (χ0v) is 11.5. The summed E-state index contributed by atoms with van der Waals surface area (Å²) in [4.78, 5) is 13.5. The maximum atomic E-state index is 12.0. The normalized spacial score (nSPS) is 9.84. The summed E-state index contributed by atoms with van der Waals surface area (Å²) in [5, 5.41) is 12.0. The van der Waals surface area contributed by atoms with Crippen molar-refractivity contribution in [2.75, 3.05) is 32.1 Å². The number of amides is 2. The summed E-state index contributed by atoms with van der Waals surface area (Å²) in [5.41, 5.74) is 0.479. The van der Waals surface area contributed by atoms with Crippen LogP contribution in [-0.4, -0.2) is 42.8 Å². The van der Waals surface area contributed by atoms with E-state index in [-0.39, 0.29) is 19.2 Å². The number of carbonyl (C=O) groups is 1. The van der Waals surface area contributed by atoms with E-state index in [2.05, 4.69) is 11.9 Å². The van der Waals surface area contributed by atoms with Gasteiger partial charge in [-0.2, -0.15) is 0 Å². The van der Waals surface area contributed by atoms with Gasteiger partial charge in [0, 0.05) is 13.1 Å². The number of anilines is 1. The lowest BCUT2D eigenvalue weighted by atomic mass is 10.3. The van der Waals surface area contributed by atoms with E-state index >= 15 is 0 Å². The van der Waals surface area contributed by atoms with Crippen LogP contribution in [0, 0.1) is 0 Å². The van der Waals surface area contributed by atoms with Crippen molar-refractivity contribution in [3.63, 3.8) is 0 Å². The number of methoxy groups -OCH3 is 1. The Bertz CT molecular complexity index is 452. The van der Waals surface area contributed by atoms with Gasteiger partial charge in [0.05, 0.1) is 24.4 Å². The molecule has 0 aromatic heterocycles. The number of benzene rings is 1. The molecular formula is C13H17ClN2O3. The van der Waals surface area contributed by atoms with Crippen LogP contribution in [0.3, 0.4) is 0 Å². The van der Waals surface area contributed by atoms with E-state index in [0.29, 0.717) is 23.0 Å². The standard InChI is InChI=1S/C13H17ClN2O3/c1-3-7-16(8-9-17)13(18)15-11-6-4-5-10(14)12(11)19-2/h3-6,17H,1,7-9H2,2H3,(H,15,18). The average molecular weight is 285 g/mol. The highest BCUT2D eigenvalue weighted by Crippen LogP contribution is 2.32. The molecule has 5 nitrogen and oxygen atoms in total. The van der Waals surface area contributed by atoms with Gasteiger partial charge in [0.2, 0.25) is 0 Å². The minimum absolute atomic E-state index is 0.117. The third-order valence-corrected chi connectivity index (χ3v) is 2.72. The maximum absolute atomic E-state index is 12.0. The number of hydrogen-bond donors (Lipinski definition) is 2. The van der Waals surface area contributed by atoms with Crippen molar-refractivity contribution >= 4 is 23.3 Å². The quantitative estimate of drug-likeness (QED) is 0.788. The van der Waals surface area contributed by atoms with Crippen LogP contribution < -0.4 is 10.1 Å². The predicted molar refractivity (Wildman–Crippen MR) is 75.9 cm³/mol. The van der Waals surface area contributed by atoms with E-state index in [0.717, 1.165) is 0 Å². The molecule has 0 aliphatic heterocycles. The molecule has 0 aliphatic rings. The van der Waals surface area contributed by atoms with Crippen molar-refractivity contribution in [3.8, 4) is 5.75 Å². The number of nitrogens with zero attached hydrogens (tertiary/aromatic N) is 1. The van der Waals surface area contributed by atoms with Gasteiger partial charge in [0.1, 0.15) is 0 Å². The molecule has 0 bridgehead atoms. The minimum atomic E-state index is -0.352. The Morgan fingerprint density at radius 2 is 2.37 bits per heavy atom. The van der Waals surface area contributed by atoms with Gasteiger partial charge in [-0.05, 0) is 12.1 Å². The molecule has 0 fully saturated rings. The summed E-state index contributed by atoms with van der Waals surface area (Å²) in [5.74, 6) is 0.403. The predicted octanol–water partition coefficient (Wildman–Crippen LogP) is 2.36. The summed E-state index contributed by atoms with van der Waals surface area (Å²) in [6.07, 6.45) is 1.59. The summed E-state index contributed by atoms with van der Waals surface area (Å²) >= 11 is 5.97. The molecule has 0 spiro atoms. The lowest BCUT2D eigenvalue weighted by Crippen LogP contribution is -2.37. The first-order valence-corrected chi connectivity index (χ1v) is 6.12. The van der Waals surface area contributed by atoms with Gasteiger partial charge < -0.3 is 20.1 Å². The molecule has 6 heteroatoms. The molecule has 0 saturated heterocycles. The van der Waals surface area contributed by atoms with Crippen LogP contribution in [0.5, 0.6) is 5.75 Å². The van der Waals surface area contributed by atoms with Gasteiger partial charge in [0.25, 0.3) is 0 Å². The fourth-order valence-electron chi connectivity index (χ4n) is 1.56. The molecule has 1 rings (SSSR count). The third kappa shape index (κ3) is 4.15. The lowest BCUT2D eigenvalue weighted by Gasteiger charge is -2.21. The number of para-hydroxylation sites is 1. The molecule has 2 amide bonds. The number of hydrogen-bond acceptors (Lipinski definition) is 3. The second-order valence-electron chi connectivity index (χ2n) is 3.71. The fraction of sp³-hybridized carbons (Fsp3) is 0.308. The van der Waals surface area contributed by atoms with Crippen LogP contribution in [0.1, 0.15) is 0 Å². The first kappa shape index (κ1) is 15.3. The molecule has 2 N–H and O–H groups in total. The van der Waals surface area contributed by atoms with Crippen LogP contribution >= 0.6 is 11.6 Å². The Hall–Kier alpha value is -1.72. The molecule has 19 heavy (non-hydrogen) atoms. The van der Waals surface area contributed by atoms with E-state index in [1.54, 1.807) is 24.3 Å². The van der Waals surface area contributed by atoms with Crippen LogP contribution in [0.2, 0.25) is 5.02 Å². The number of rotatable bonds is 6. The van der Waals surface area contributed by atoms with Gasteiger partial charge in [0.15, 0.2) is 5.75 Å². The summed E-state index contributed by atoms with van der Waals surface area (Å²) in [7, 11) is 1.48. The Kier molecular flexibility index (Phi) is 6.18. The topological polar surface area (TPSA) is 61.8 Å².